The Labute approximate surface area is 179 Å². The Hall–Kier alpha value is -3.26. The summed E-state index contributed by atoms with van der Waals surface area (Å²) in [6.45, 7) is 7.49. The molecule has 0 saturated heterocycles. The third kappa shape index (κ3) is 4.49. The predicted octanol–water partition coefficient (Wildman–Crippen LogP) is 3.52. The van der Waals surface area contributed by atoms with E-state index < -0.39 is 5.97 Å². The lowest BCUT2D eigenvalue weighted by molar-refractivity contribution is -0.115. The van der Waals surface area contributed by atoms with E-state index in [9.17, 15) is 9.59 Å². The van der Waals surface area contributed by atoms with Gasteiger partial charge in [-0.05, 0) is 52.0 Å². The molecule has 0 fully saturated rings. The van der Waals surface area contributed by atoms with Gasteiger partial charge in [0.05, 0.1) is 35.5 Å². The number of esters is 1. The van der Waals surface area contributed by atoms with Crippen LogP contribution in [-0.2, 0) is 16.0 Å². The molecule has 0 aliphatic heterocycles. The second-order valence-corrected chi connectivity index (χ2v) is 7.33. The van der Waals surface area contributed by atoms with Crippen molar-refractivity contribution in [2.45, 2.75) is 34.1 Å². The van der Waals surface area contributed by atoms with Gasteiger partial charge in [0.25, 0.3) is 5.95 Å². The van der Waals surface area contributed by atoms with Crippen molar-refractivity contribution >= 4 is 29.2 Å². The summed E-state index contributed by atoms with van der Waals surface area (Å²) in [4.78, 5) is 33.3. The Morgan fingerprint density at radius 3 is 2.40 bits per heavy atom. The Balaban J connectivity index is 1.84. The van der Waals surface area contributed by atoms with Gasteiger partial charge in [0, 0.05) is 22.6 Å². The topological polar surface area (TPSA) is 99.0 Å². The fourth-order valence-electron chi connectivity index (χ4n) is 3.15. The third-order valence-corrected chi connectivity index (χ3v) is 4.93. The second kappa shape index (κ2) is 8.62. The maximum Gasteiger partial charge on any atom is 0.337 e. The molecule has 0 unspecified atom stereocenters. The number of methoxy groups -OCH3 is 1. The predicted molar refractivity (Wildman–Crippen MR) is 113 cm³/mol. The lowest BCUT2D eigenvalue weighted by Gasteiger charge is -2.09. The van der Waals surface area contributed by atoms with Gasteiger partial charge in [-0.15, -0.1) is 0 Å². The van der Waals surface area contributed by atoms with Crippen LogP contribution in [0.1, 0.15) is 38.7 Å². The molecule has 0 radical (unpaired) electrons. The minimum atomic E-state index is -0.511. The zero-order chi connectivity index (χ0) is 22.0. The summed E-state index contributed by atoms with van der Waals surface area (Å²) < 4.78 is 6.35. The number of rotatable bonds is 5. The maximum atomic E-state index is 12.7. The number of carbonyl (C=O) groups excluding carboxylic acids is 2. The van der Waals surface area contributed by atoms with E-state index in [2.05, 4.69) is 20.4 Å². The molecule has 0 atom stereocenters. The largest absolute Gasteiger partial charge is 0.465 e. The fourth-order valence-corrected chi connectivity index (χ4v) is 3.31. The molecular weight excluding hydrogens is 406 g/mol. The monoisotopic (exact) mass is 427 g/mol. The standard InChI is InChI=1S/C21H22ClN5O3/c1-11-8-12(2)24-21(23-11)27-14(4)16(13(3)26-27)10-19(28)25-18-9-15(20(29)30-5)6-7-17(18)22/h6-9H,10H2,1-5H3,(H,25,28). The van der Waals surface area contributed by atoms with Crippen molar-refractivity contribution in [3.63, 3.8) is 0 Å². The van der Waals surface area contributed by atoms with E-state index in [1.54, 1.807) is 4.68 Å². The van der Waals surface area contributed by atoms with Gasteiger partial charge in [0.2, 0.25) is 5.91 Å². The van der Waals surface area contributed by atoms with Crippen LogP contribution in [0.2, 0.25) is 5.02 Å². The fraction of sp³-hybridized carbons (Fsp3) is 0.286. The number of nitrogens with one attached hydrogen (secondary N) is 1. The molecule has 30 heavy (non-hydrogen) atoms. The quantitative estimate of drug-likeness (QED) is 0.625. The van der Waals surface area contributed by atoms with E-state index in [1.165, 1.54) is 25.3 Å². The number of anilines is 1. The lowest BCUT2D eigenvalue weighted by Crippen LogP contribution is -2.16. The molecule has 8 nitrogen and oxygen atoms in total. The van der Waals surface area contributed by atoms with Crippen LogP contribution in [0, 0.1) is 27.7 Å². The van der Waals surface area contributed by atoms with Gasteiger partial charge in [-0.1, -0.05) is 11.6 Å². The molecule has 2 heterocycles. The number of carbonyl (C=O) groups is 2. The molecule has 3 rings (SSSR count). The summed E-state index contributed by atoms with van der Waals surface area (Å²) in [5.74, 6) is -0.330. The smallest absolute Gasteiger partial charge is 0.337 e. The van der Waals surface area contributed by atoms with Crippen molar-refractivity contribution in [1.29, 1.82) is 0 Å². The molecule has 0 bridgehead atoms. The Morgan fingerprint density at radius 2 is 1.77 bits per heavy atom. The van der Waals surface area contributed by atoms with E-state index in [0.29, 0.717) is 27.9 Å². The highest BCUT2D eigenvalue weighted by Crippen LogP contribution is 2.24. The number of hydrogen-bond acceptors (Lipinski definition) is 6. The average molecular weight is 428 g/mol. The summed E-state index contributed by atoms with van der Waals surface area (Å²) in [7, 11) is 1.29. The third-order valence-electron chi connectivity index (χ3n) is 4.60. The van der Waals surface area contributed by atoms with Gasteiger partial charge >= 0.3 is 5.97 Å². The molecule has 2 aromatic heterocycles. The summed E-state index contributed by atoms with van der Waals surface area (Å²) in [5, 5.41) is 7.59. The van der Waals surface area contributed by atoms with E-state index in [-0.39, 0.29) is 12.3 Å². The Bertz CT molecular complexity index is 1120. The first-order chi connectivity index (χ1) is 14.2. The van der Waals surface area contributed by atoms with Crippen LogP contribution >= 0.6 is 11.6 Å². The first-order valence-electron chi connectivity index (χ1n) is 9.25. The highest BCUT2D eigenvalue weighted by Gasteiger charge is 2.19. The van der Waals surface area contributed by atoms with Crippen LogP contribution in [0.25, 0.3) is 5.95 Å². The van der Waals surface area contributed by atoms with Crippen molar-refractivity contribution < 1.29 is 14.3 Å². The van der Waals surface area contributed by atoms with E-state index in [0.717, 1.165) is 22.6 Å². The van der Waals surface area contributed by atoms with E-state index in [1.807, 2.05) is 33.8 Å². The molecule has 0 spiro atoms. The molecule has 0 saturated carbocycles. The molecule has 3 aromatic rings. The lowest BCUT2D eigenvalue weighted by atomic mass is 10.1. The summed E-state index contributed by atoms with van der Waals surface area (Å²) >= 11 is 6.17. The summed E-state index contributed by atoms with van der Waals surface area (Å²) in [6.07, 6.45) is 0.0846. The molecule has 1 N–H and O–H groups in total. The molecule has 156 valence electrons. The number of ether oxygens (including phenoxy) is 1. The second-order valence-electron chi connectivity index (χ2n) is 6.92. The van der Waals surface area contributed by atoms with E-state index in [4.69, 9.17) is 16.3 Å². The molecular formula is C21H22ClN5O3. The number of aromatic nitrogens is 4. The normalized spacial score (nSPS) is 10.7. The minimum Gasteiger partial charge on any atom is -0.465 e. The van der Waals surface area contributed by atoms with Gasteiger partial charge in [0.15, 0.2) is 0 Å². The molecule has 9 heteroatoms. The number of benzene rings is 1. The van der Waals surface area contributed by atoms with Gasteiger partial charge in [0.1, 0.15) is 0 Å². The Kier molecular flexibility index (Phi) is 6.17. The number of amides is 1. The van der Waals surface area contributed by atoms with Crippen molar-refractivity contribution in [3.05, 3.63) is 63.2 Å². The number of halogens is 1. The van der Waals surface area contributed by atoms with Crippen LogP contribution in [-0.4, -0.2) is 38.7 Å². The van der Waals surface area contributed by atoms with Crippen LogP contribution in [0.3, 0.4) is 0 Å². The zero-order valence-electron chi connectivity index (χ0n) is 17.4. The van der Waals surface area contributed by atoms with Crippen molar-refractivity contribution in [2.24, 2.45) is 0 Å². The highest BCUT2D eigenvalue weighted by atomic mass is 35.5. The Morgan fingerprint density at radius 1 is 1.10 bits per heavy atom. The van der Waals surface area contributed by atoms with Crippen LogP contribution in [0.5, 0.6) is 0 Å². The summed E-state index contributed by atoms with van der Waals surface area (Å²) in [5.41, 5.74) is 4.57. The van der Waals surface area contributed by atoms with Crippen LogP contribution in [0.4, 0.5) is 5.69 Å². The van der Waals surface area contributed by atoms with Crippen molar-refractivity contribution in [2.75, 3.05) is 12.4 Å². The number of nitrogens with zero attached hydrogens (tertiary/aromatic N) is 4. The SMILES string of the molecule is COC(=O)c1ccc(Cl)c(NC(=O)Cc2c(C)nn(-c3nc(C)cc(C)n3)c2C)c1. The molecule has 0 aliphatic rings. The van der Waals surface area contributed by atoms with Crippen LogP contribution < -0.4 is 5.32 Å². The molecule has 1 amide bonds. The van der Waals surface area contributed by atoms with Crippen molar-refractivity contribution in [1.82, 2.24) is 19.7 Å². The first kappa shape index (κ1) is 21.4. The highest BCUT2D eigenvalue weighted by molar-refractivity contribution is 6.33. The van der Waals surface area contributed by atoms with Gasteiger partial charge in [-0.3, -0.25) is 4.79 Å². The number of aryl methyl sites for hydroxylation is 3. The van der Waals surface area contributed by atoms with Gasteiger partial charge < -0.3 is 10.1 Å². The van der Waals surface area contributed by atoms with Gasteiger partial charge in [-0.25, -0.2) is 19.4 Å². The van der Waals surface area contributed by atoms with E-state index >= 15 is 0 Å². The van der Waals surface area contributed by atoms with Crippen LogP contribution in [0.15, 0.2) is 24.3 Å². The number of hydrogen-bond donors (Lipinski definition) is 1. The minimum absolute atomic E-state index is 0.0846. The maximum absolute atomic E-state index is 12.7. The molecule has 1 aromatic carbocycles. The molecule has 0 aliphatic carbocycles. The summed E-state index contributed by atoms with van der Waals surface area (Å²) in [6, 6.07) is 6.44. The average Bonchev–Trinajstić information content (AvgIpc) is 2.96. The van der Waals surface area contributed by atoms with Gasteiger partial charge in [-0.2, -0.15) is 5.10 Å². The first-order valence-corrected chi connectivity index (χ1v) is 9.63. The van der Waals surface area contributed by atoms with Crippen molar-refractivity contribution in [3.8, 4) is 5.95 Å². The zero-order valence-corrected chi connectivity index (χ0v) is 18.2.